The summed E-state index contributed by atoms with van der Waals surface area (Å²) in [6.07, 6.45) is 2.91. The largest absolute Gasteiger partial charge is 0.484 e. The summed E-state index contributed by atoms with van der Waals surface area (Å²) in [5.74, 6) is -0.423. The van der Waals surface area contributed by atoms with Gasteiger partial charge in [-0.25, -0.2) is 4.39 Å². The van der Waals surface area contributed by atoms with Crippen molar-refractivity contribution in [3.63, 3.8) is 0 Å². The molecule has 0 fully saturated rings. The molecule has 4 nitrogen and oxygen atoms in total. The van der Waals surface area contributed by atoms with Crippen molar-refractivity contribution in [2.24, 2.45) is 5.73 Å². The smallest absolute Gasteiger partial charge is 0.258 e. The van der Waals surface area contributed by atoms with Gasteiger partial charge in [-0.3, -0.25) is 4.79 Å². The highest BCUT2D eigenvalue weighted by Crippen LogP contribution is 2.20. The number of hydrogen-bond donors (Lipinski definition) is 2. The second-order valence-corrected chi connectivity index (χ2v) is 4.91. The Labute approximate surface area is 123 Å². The Morgan fingerprint density at radius 2 is 2.30 bits per heavy atom. The second kappa shape index (κ2) is 8.76. The van der Waals surface area contributed by atoms with Crippen LogP contribution in [0.15, 0.2) is 18.2 Å². The molecule has 0 radical (unpaired) electrons. The van der Waals surface area contributed by atoms with Gasteiger partial charge in [0.15, 0.2) is 6.61 Å². The van der Waals surface area contributed by atoms with Crippen molar-refractivity contribution in [2.75, 3.05) is 13.2 Å². The number of carbonyl (C=O) groups excluding carboxylic acids is 1. The fourth-order valence-electron chi connectivity index (χ4n) is 1.68. The van der Waals surface area contributed by atoms with E-state index in [0.717, 1.165) is 19.3 Å². The standard InChI is InChI=1S/C14H20ClFN2O2/c1-2-3-4-10(8-17)18-14(19)9-20-11-5-6-13(16)12(15)7-11/h5-7,10H,2-4,8-9,17H2,1H3,(H,18,19). The number of ether oxygens (including phenoxy) is 1. The lowest BCUT2D eigenvalue weighted by Gasteiger charge is -2.16. The molecule has 1 atom stereocenters. The summed E-state index contributed by atoms with van der Waals surface area (Å²) in [6, 6.07) is 3.91. The van der Waals surface area contributed by atoms with E-state index in [1.807, 2.05) is 0 Å². The van der Waals surface area contributed by atoms with Crippen molar-refractivity contribution < 1.29 is 13.9 Å². The van der Waals surface area contributed by atoms with Crippen LogP contribution in [-0.4, -0.2) is 25.1 Å². The van der Waals surface area contributed by atoms with Gasteiger partial charge in [0.2, 0.25) is 0 Å². The van der Waals surface area contributed by atoms with E-state index in [4.69, 9.17) is 22.1 Å². The van der Waals surface area contributed by atoms with E-state index in [0.29, 0.717) is 12.3 Å². The van der Waals surface area contributed by atoms with Gasteiger partial charge in [-0.1, -0.05) is 31.4 Å². The van der Waals surface area contributed by atoms with Crippen LogP contribution >= 0.6 is 11.6 Å². The van der Waals surface area contributed by atoms with Crippen LogP contribution in [0.1, 0.15) is 26.2 Å². The Bertz CT molecular complexity index is 443. The molecule has 1 rings (SSSR count). The maximum atomic E-state index is 13.0. The summed E-state index contributed by atoms with van der Waals surface area (Å²) in [4.78, 5) is 11.7. The van der Waals surface area contributed by atoms with Gasteiger partial charge in [-0.15, -0.1) is 0 Å². The van der Waals surface area contributed by atoms with Crippen molar-refractivity contribution in [3.05, 3.63) is 29.0 Å². The quantitative estimate of drug-likeness (QED) is 0.775. The normalized spacial score (nSPS) is 12.0. The Kier molecular flexibility index (Phi) is 7.33. The van der Waals surface area contributed by atoms with Crippen molar-refractivity contribution in [3.8, 4) is 5.75 Å². The number of hydrogen-bond acceptors (Lipinski definition) is 3. The van der Waals surface area contributed by atoms with Crippen LogP contribution in [0.3, 0.4) is 0 Å². The summed E-state index contributed by atoms with van der Waals surface area (Å²) < 4.78 is 18.2. The lowest BCUT2D eigenvalue weighted by Crippen LogP contribution is -2.42. The monoisotopic (exact) mass is 302 g/mol. The number of halogens is 2. The summed E-state index contributed by atoms with van der Waals surface area (Å²) >= 11 is 5.62. The molecule has 1 aromatic rings. The summed E-state index contributed by atoms with van der Waals surface area (Å²) in [7, 11) is 0. The van der Waals surface area contributed by atoms with Crippen LogP contribution in [0, 0.1) is 5.82 Å². The molecule has 0 aromatic heterocycles. The van der Waals surface area contributed by atoms with Crippen LogP contribution in [-0.2, 0) is 4.79 Å². The number of amides is 1. The zero-order valence-electron chi connectivity index (χ0n) is 11.5. The van der Waals surface area contributed by atoms with Crippen molar-refractivity contribution in [1.82, 2.24) is 5.32 Å². The van der Waals surface area contributed by atoms with E-state index in [1.165, 1.54) is 18.2 Å². The number of nitrogens with one attached hydrogen (secondary N) is 1. The van der Waals surface area contributed by atoms with Crippen LogP contribution in [0.5, 0.6) is 5.75 Å². The fourth-order valence-corrected chi connectivity index (χ4v) is 1.85. The third-order valence-corrected chi connectivity index (χ3v) is 3.11. The zero-order valence-corrected chi connectivity index (χ0v) is 12.3. The van der Waals surface area contributed by atoms with Crippen molar-refractivity contribution in [1.29, 1.82) is 0 Å². The van der Waals surface area contributed by atoms with Gasteiger partial charge in [0.25, 0.3) is 5.91 Å². The van der Waals surface area contributed by atoms with Crippen molar-refractivity contribution in [2.45, 2.75) is 32.2 Å². The number of benzene rings is 1. The van der Waals surface area contributed by atoms with Gasteiger partial charge in [0, 0.05) is 18.7 Å². The van der Waals surface area contributed by atoms with Crippen LogP contribution in [0.2, 0.25) is 5.02 Å². The highest BCUT2D eigenvalue weighted by Gasteiger charge is 2.11. The molecule has 1 amide bonds. The van der Waals surface area contributed by atoms with Crippen LogP contribution in [0.25, 0.3) is 0 Å². The number of nitrogens with two attached hydrogens (primary N) is 1. The third kappa shape index (κ3) is 5.75. The maximum Gasteiger partial charge on any atom is 0.258 e. The molecule has 0 heterocycles. The minimum atomic E-state index is -0.522. The molecule has 112 valence electrons. The molecule has 3 N–H and O–H groups in total. The molecule has 20 heavy (non-hydrogen) atoms. The maximum absolute atomic E-state index is 13.0. The topological polar surface area (TPSA) is 64.3 Å². The van der Waals surface area contributed by atoms with Gasteiger partial charge < -0.3 is 15.8 Å². The number of carbonyl (C=O) groups is 1. The van der Waals surface area contributed by atoms with Gasteiger partial charge in [-0.2, -0.15) is 0 Å². The summed E-state index contributed by atoms with van der Waals surface area (Å²) in [5, 5.41) is 2.77. The number of rotatable bonds is 8. The molecule has 0 aliphatic heterocycles. The first-order chi connectivity index (χ1) is 9.56. The lowest BCUT2D eigenvalue weighted by atomic mass is 10.1. The minimum Gasteiger partial charge on any atom is -0.484 e. The first-order valence-corrected chi connectivity index (χ1v) is 7.01. The van der Waals surface area contributed by atoms with Gasteiger partial charge in [-0.05, 0) is 18.6 Å². The molecule has 1 aromatic carbocycles. The van der Waals surface area contributed by atoms with E-state index >= 15 is 0 Å². The minimum absolute atomic E-state index is 0.0364. The molecule has 6 heteroatoms. The molecule has 1 unspecified atom stereocenters. The first kappa shape index (κ1) is 16.7. The van der Waals surface area contributed by atoms with E-state index in [-0.39, 0.29) is 23.6 Å². The predicted molar refractivity (Wildman–Crippen MR) is 77.4 cm³/mol. The van der Waals surface area contributed by atoms with E-state index in [1.54, 1.807) is 0 Å². The molecular formula is C14H20ClFN2O2. The van der Waals surface area contributed by atoms with Gasteiger partial charge in [0.05, 0.1) is 5.02 Å². The zero-order chi connectivity index (χ0) is 15.0. The van der Waals surface area contributed by atoms with Crippen LogP contribution in [0.4, 0.5) is 4.39 Å². The lowest BCUT2D eigenvalue weighted by molar-refractivity contribution is -0.123. The molecule has 0 aliphatic carbocycles. The molecule has 0 spiro atoms. The average Bonchev–Trinajstić information content (AvgIpc) is 2.44. The van der Waals surface area contributed by atoms with E-state index < -0.39 is 5.82 Å². The Hall–Kier alpha value is -1.33. The van der Waals surface area contributed by atoms with Gasteiger partial charge >= 0.3 is 0 Å². The Balaban J connectivity index is 2.40. The Morgan fingerprint density at radius 1 is 1.55 bits per heavy atom. The molecule has 0 bridgehead atoms. The number of unbranched alkanes of at least 4 members (excludes halogenated alkanes) is 1. The highest BCUT2D eigenvalue weighted by molar-refractivity contribution is 6.30. The third-order valence-electron chi connectivity index (χ3n) is 2.82. The SMILES string of the molecule is CCCCC(CN)NC(=O)COc1ccc(F)c(Cl)c1. The summed E-state index contributed by atoms with van der Waals surface area (Å²) in [5.41, 5.74) is 5.59. The van der Waals surface area contributed by atoms with E-state index in [2.05, 4.69) is 12.2 Å². The van der Waals surface area contributed by atoms with Crippen molar-refractivity contribution >= 4 is 17.5 Å². The molecule has 0 saturated carbocycles. The fraction of sp³-hybridized carbons (Fsp3) is 0.500. The van der Waals surface area contributed by atoms with Crippen LogP contribution < -0.4 is 15.8 Å². The van der Waals surface area contributed by atoms with Gasteiger partial charge in [0.1, 0.15) is 11.6 Å². The second-order valence-electron chi connectivity index (χ2n) is 4.51. The molecule has 0 saturated heterocycles. The molecule has 0 aliphatic rings. The predicted octanol–water partition coefficient (Wildman–Crippen LogP) is 2.49. The summed E-state index contributed by atoms with van der Waals surface area (Å²) in [6.45, 7) is 2.33. The first-order valence-electron chi connectivity index (χ1n) is 6.64. The Morgan fingerprint density at radius 3 is 2.90 bits per heavy atom. The van der Waals surface area contributed by atoms with E-state index in [9.17, 15) is 9.18 Å². The molecular weight excluding hydrogens is 283 g/mol. The highest BCUT2D eigenvalue weighted by atomic mass is 35.5. The average molecular weight is 303 g/mol.